The van der Waals surface area contributed by atoms with Gasteiger partial charge in [0, 0.05) is 24.2 Å². The second-order valence-electron chi connectivity index (χ2n) is 9.66. The van der Waals surface area contributed by atoms with Gasteiger partial charge in [-0.1, -0.05) is 62.2 Å². The average molecular weight is 490 g/mol. The summed E-state index contributed by atoms with van der Waals surface area (Å²) in [7, 11) is -3.73. The van der Waals surface area contributed by atoms with Crippen LogP contribution >= 0.6 is 0 Å². The monoisotopic (exact) mass is 489 g/mol. The molecule has 2 amide bonds. The first kappa shape index (κ1) is 23.6. The zero-order valence-corrected chi connectivity index (χ0v) is 20.8. The predicted molar refractivity (Wildman–Crippen MR) is 139 cm³/mol. The summed E-state index contributed by atoms with van der Waals surface area (Å²) in [6.45, 7) is 3.18. The van der Waals surface area contributed by atoms with Gasteiger partial charge in [0.2, 0.25) is 10.0 Å². The third-order valence-electron chi connectivity index (χ3n) is 7.53. The molecule has 0 saturated heterocycles. The average Bonchev–Trinajstić information content (AvgIpc) is 3.47. The van der Waals surface area contributed by atoms with Gasteiger partial charge < -0.3 is 5.32 Å². The predicted octanol–water partition coefficient (Wildman–Crippen LogP) is 5.11. The first-order chi connectivity index (χ1) is 16.8. The van der Waals surface area contributed by atoms with Gasteiger partial charge in [0.25, 0.3) is 0 Å². The first-order valence-corrected chi connectivity index (χ1v) is 13.8. The maximum Gasteiger partial charge on any atom is 0.322 e. The van der Waals surface area contributed by atoms with Crippen LogP contribution < -0.4 is 15.4 Å². The van der Waals surface area contributed by atoms with Gasteiger partial charge in [0.05, 0.1) is 4.90 Å². The Morgan fingerprint density at radius 1 is 1.03 bits per heavy atom. The Kier molecular flexibility index (Phi) is 6.15. The van der Waals surface area contributed by atoms with Crippen molar-refractivity contribution in [3.05, 3.63) is 83.4 Å². The minimum Gasteiger partial charge on any atom is -0.334 e. The number of hydrogen-bond acceptors (Lipinski definition) is 3. The van der Waals surface area contributed by atoms with E-state index in [9.17, 15) is 13.2 Å². The molecule has 1 saturated carbocycles. The van der Waals surface area contributed by atoms with Gasteiger partial charge >= 0.3 is 6.03 Å². The van der Waals surface area contributed by atoms with Crippen LogP contribution in [-0.4, -0.2) is 21.0 Å². The smallest absolute Gasteiger partial charge is 0.322 e. The lowest BCUT2D eigenvalue weighted by Gasteiger charge is -2.25. The van der Waals surface area contributed by atoms with E-state index < -0.39 is 10.0 Å². The van der Waals surface area contributed by atoms with Gasteiger partial charge in [-0.2, -0.15) is 0 Å². The largest absolute Gasteiger partial charge is 0.334 e. The van der Waals surface area contributed by atoms with Gasteiger partial charge in [-0.3, -0.25) is 4.90 Å². The molecule has 1 heterocycles. The fourth-order valence-electron chi connectivity index (χ4n) is 5.68. The van der Waals surface area contributed by atoms with E-state index in [1.165, 1.54) is 47.2 Å². The summed E-state index contributed by atoms with van der Waals surface area (Å²) in [4.78, 5) is 15.2. The summed E-state index contributed by atoms with van der Waals surface area (Å²) in [5.74, 6) is 0. The first-order valence-electron chi connectivity index (χ1n) is 12.2. The van der Waals surface area contributed by atoms with Crippen molar-refractivity contribution < 1.29 is 13.2 Å². The highest BCUT2D eigenvalue weighted by atomic mass is 32.2. The molecule has 1 aliphatic carbocycles. The summed E-state index contributed by atoms with van der Waals surface area (Å²) in [6.07, 6.45) is 5.53. The molecule has 3 aromatic rings. The molecule has 1 aliphatic heterocycles. The number of sulfonamides is 1. The maximum absolute atomic E-state index is 13.3. The molecule has 0 unspecified atom stereocenters. The standard InChI is InChI=1S/C28H31N3O3S/c1-2-21-7-3-4-8-24(21)22-11-14-26-25(17-22)28(15-5-6-16-28)19-31(26)27(32)30-18-20-9-12-23(13-10-20)35(29,33)34/h3-4,7-14,17H,2,5-6,15-16,18-19H2,1H3,(H,30,32)(H2,29,33,34). The van der Waals surface area contributed by atoms with E-state index in [1.54, 1.807) is 12.1 Å². The van der Waals surface area contributed by atoms with Crippen LogP contribution in [0.15, 0.2) is 71.6 Å². The summed E-state index contributed by atoms with van der Waals surface area (Å²) in [6, 6.07) is 21.2. The Labute approximate surface area is 207 Å². The normalized spacial score (nSPS) is 16.5. The van der Waals surface area contributed by atoms with Gasteiger partial charge in [-0.15, -0.1) is 0 Å². The number of nitrogens with one attached hydrogen (secondary N) is 1. The number of carbonyl (C=O) groups is 1. The molecular formula is C28H31N3O3S. The fraction of sp³-hybridized carbons (Fsp3) is 0.321. The molecule has 5 rings (SSSR count). The van der Waals surface area contributed by atoms with E-state index >= 15 is 0 Å². The summed E-state index contributed by atoms with van der Waals surface area (Å²) in [5, 5.41) is 8.19. The van der Waals surface area contributed by atoms with Crippen molar-refractivity contribution in [2.75, 3.05) is 11.4 Å². The Morgan fingerprint density at radius 3 is 2.43 bits per heavy atom. The number of rotatable bonds is 5. The number of hydrogen-bond donors (Lipinski definition) is 2. The second-order valence-corrected chi connectivity index (χ2v) is 11.2. The van der Waals surface area contributed by atoms with E-state index in [0.29, 0.717) is 13.1 Å². The topological polar surface area (TPSA) is 92.5 Å². The quantitative estimate of drug-likeness (QED) is 0.522. The van der Waals surface area contributed by atoms with Crippen molar-refractivity contribution >= 4 is 21.7 Å². The van der Waals surface area contributed by atoms with Crippen molar-refractivity contribution in [1.29, 1.82) is 0 Å². The second kappa shape index (κ2) is 9.13. The molecule has 6 nitrogen and oxygen atoms in total. The van der Waals surface area contributed by atoms with E-state index in [4.69, 9.17) is 5.14 Å². The highest BCUT2D eigenvalue weighted by Crippen LogP contribution is 2.51. The molecule has 0 bridgehead atoms. The van der Waals surface area contributed by atoms with Crippen LogP contribution in [-0.2, 0) is 28.4 Å². The number of carbonyl (C=O) groups excluding carboxylic acids is 1. The Balaban J connectivity index is 1.40. The molecule has 2 aliphatic rings. The number of fused-ring (bicyclic) bond motifs is 2. The Morgan fingerprint density at radius 2 is 1.74 bits per heavy atom. The summed E-state index contributed by atoms with van der Waals surface area (Å²) in [5.41, 5.74) is 6.90. The summed E-state index contributed by atoms with van der Waals surface area (Å²) < 4.78 is 23.0. The van der Waals surface area contributed by atoms with E-state index in [1.807, 2.05) is 4.90 Å². The lowest BCUT2D eigenvalue weighted by Crippen LogP contribution is -2.41. The Bertz CT molecular complexity index is 1360. The number of benzene rings is 3. The van der Waals surface area contributed by atoms with E-state index in [-0.39, 0.29) is 16.3 Å². The molecule has 35 heavy (non-hydrogen) atoms. The number of nitrogens with zero attached hydrogens (tertiary/aromatic N) is 1. The zero-order valence-electron chi connectivity index (χ0n) is 20.0. The SMILES string of the molecule is CCc1ccccc1-c1ccc2c(c1)C1(CCCC1)CN2C(=O)NCc1ccc(S(N)(=O)=O)cc1. The Hall–Kier alpha value is -3.16. The van der Waals surface area contributed by atoms with Crippen molar-refractivity contribution in [2.45, 2.75) is 55.9 Å². The number of primary sulfonamides is 1. The molecule has 1 fully saturated rings. The molecule has 7 heteroatoms. The number of amides is 2. The molecule has 182 valence electrons. The minimum atomic E-state index is -3.73. The van der Waals surface area contributed by atoms with Gasteiger partial charge in [-0.25, -0.2) is 18.4 Å². The molecular weight excluding hydrogens is 458 g/mol. The van der Waals surface area contributed by atoms with Crippen molar-refractivity contribution in [3.8, 4) is 11.1 Å². The van der Waals surface area contributed by atoms with E-state index in [0.717, 1.165) is 30.5 Å². The highest BCUT2D eigenvalue weighted by molar-refractivity contribution is 7.89. The number of nitrogens with two attached hydrogens (primary N) is 1. The molecule has 3 N–H and O–H groups in total. The summed E-state index contributed by atoms with van der Waals surface area (Å²) >= 11 is 0. The van der Waals surface area contributed by atoms with Gasteiger partial charge in [-0.05, 0) is 71.3 Å². The molecule has 1 spiro atoms. The van der Waals surface area contributed by atoms with Crippen molar-refractivity contribution in [1.82, 2.24) is 5.32 Å². The lowest BCUT2D eigenvalue weighted by atomic mass is 9.79. The minimum absolute atomic E-state index is 0.0149. The van der Waals surface area contributed by atoms with Crippen LogP contribution in [0, 0.1) is 0 Å². The highest BCUT2D eigenvalue weighted by Gasteiger charge is 2.46. The van der Waals surface area contributed by atoms with Crippen LogP contribution in [0.4, 0.5) is 10.5 Å². The van der Waals surface area contributed by atoms with Crippen molar-refractivity contribution in [3.63, 3.8) is 0 Å². The van der Waals surface area contributed by atoms with Crippen molar-refractivity contribution in [2.24, 2.45) is 5.14 Å². The third-order valence-corrected chi connectivity index (χ3v) is 8.46. The zero-order chi connectivity index (χ0) is 24.6. The van der Waals surface area contributed by atoms with Crippen LogP contribution in [0.25, 0.3) is 11.1 Å². The lowest BCUT2D eigenvalue weighted by molar-refractivity contribution is 0.245. The number of urea groups is 1. The molecule has 3 aromatic carbocycles. The van der Waals surface area contributed by atoms with Crippen LogP contribution in [0.3, 0.4) is 0 Å². The fourth-order valence-corrected chi connectivity index (χ4v) is 6.19. The van der Waals surface area contributed by atoms with Crippen LogP contribution in [0.2, 0.25) is 0 Å². The molecule has 0 atom stereocenters. The molecule has 0 radical (unpaired) electrons. The molecule has 0 aromatic heterocycles. The van der Waals surface area contributed by atoms with Crippen LogP contribution in [0.1, 0.15) is 49.3 Å². The number of anilines is 1. The maximum atomic E-state index is 13.3. The third kappa shape index (κ3) is 4.46. The van der Waals surface area contributed by atoms with Crippen LogP contribution in [0.5, 0.6) is 0 Å². The van der Waals surface area contributed by atoms with Gasteiger partial charge in [0.1, 0.15) is 0 Å². The van der Waals surface area contributed by atoms with E-state index in [2.05, 4.69) is 54.7 Å². The van der Waals surface area contributed by atoms with Gasteiger partial charge in [0.15, 0.2) is 0 Å². The number of aryl methyl sites for hydroxylation is 1.